The van der Waals surface area contributed by atoms with E-state index in [-0.39, 0.29) is 12.1 Å². The van der Waals surface area contributed by atoms with Crippen molar-refractivity contribution >= 4 is 10.1 Å². The summed E-state index contributed by atoms with van der Waals surface area (Å²) in [5.74, 6) is -4.39. The van der Waals surface area contributed by atoms with Gasteiger partial charge in [-0.25, -0.2) is 8.78 Å². The number of rotatable bonds is 4. The van der Waals surface area contributed by atoms with Crippen LogP contribution >= 0.6 is 0 Å². The molecule has 3 rings (SSSR count). The lowest BCUT2D eigenvalue weighted by molar-refractivity contribution is 0.00482. The van der Waals surface area contributed by atoms with Crippen molar-refractivity contribution < 1.29 is 21.8 Å². The van der Waals surface area contributed by atoms with E-state index in [0.29, 0.717) is 17.5 Å². The largest absolute Gasteiger partial charge is 0.310 e. The van der Waals surface area contributed by atoms with E-state index < -0.39 is 33.4 Å². The average Bonchev–Trinajstić information content (AvgIpc) is 2.88. The fourth-order valence-corrected chi connectivity index (χ4v) is 4.15. The molecule has 0 aliphatic carbocycles. The molecule has 134 valence electrons. The van der Waals surface area contributed by atoms with E-state index in [1.165, 1.54) is 6.07 Å². The number of nitrogens with one attached hydrogen (secondary N) is 1. The number of hydrogen-bond donors (Lipinski definition) is 2. The van der Waals surface area contributed by atoms with Gasteiger partial charge in [-0.05, 0) is 41.7 Å². The zero-order chi connectivity index (χ0) is 18.2. The zero-order valence-corrected chi connectivity index (χ0v) is 14.5. The lowest BCUT2D eigenvalue weighted by Gasteiger charge is -2.24. The monoisotopic (exact) mass is 367 g/mol. The fourth-order valence-electron chi connectivity index (χ4n) is 3.36. The van der Waals surface area contributed by atoms with Crippen molar-refractivity contribution in [2.75, 3.05) is 13.1 Å². The maximum absolute atomic E-state index is 14.4. The molecule has 7 heteroatoms. The zero-order valence-electron chi connectivity index (χ0n) is 13.7. The topological polar surface area (TPSA) is 66.4 Å². The Balaban J connectivity index is 2.22. The minimum Gasteiger partial charge on any atom is -0.310 e. The summed E-state index contributed by atoms with van der Waals surface area (Å²) < 4.78 is 62.0. The van der Waals surface area contributed by atoms with Crippen LogP contribution in [0, 0.1) is 6.92 Å². The van der Waals surface area contributed by atoms with Crippen LogP contribution in [-0.4, -0.2) is 32.0 Å². The Morgan fingerprint density at radius 1 is 1.20 bits per heavy atom. The molecule has 4 nitrogen and oxygen atoms in total. The van der Waals surface area contributed by atoms with Crippen LogP contribution in [0.2, 0.25) is 0 Å². The van der Waals surface area contributed by atoms with Gasteiger partial charge in [0.2, 0.25) is 0 Å². The van der Waals surface area contributed by atoms with Gasteiger partial charge < -0.3 is 5.32 Å². The Morgan fingerprint density at radius 3 is 2.44 bits per heavy atom. The maximum Gasteiger partial charge on any atom is 0.294 e. The van der Waals surface area contributed by atoms with Crippen molar-refractivity contribution in [2.24, 2.45) is 0 Å². The van der Waals surface area contributed by atoms with E-state index in [1.54, 1.807) is 13.0 Å². The molecule has 1 unspecified atom stereocenters. The van der Waals surface area contributed by atoms with E-state index >= 15 is 0 Å². The standard InChI is InChI=1S/C18H19F2NO3S/c1-12-7-8-16(25(22,23)24)17(15-10-21-11-18(15,19)20)14(12)9-13-5-3-2-4-6-13/h2-8,15,21H,9-11H2,1H3,(H,22,23,24). The smallest absolute Gasteiger partial charge is 0.294 e. The van der Waals surface area contributed by atoms with Gasteiger partial charge in [-0.2, -0.15) is 8.42 Å². The normalized spacial score (nSPS) is 19.9. The van der Waals surface area contributed by atoms with E-state index in [9.17, 15) is 21.8 Å². The highest BCUT2D eigenvalue weighted by molar-refractivity contribution is 7.85. The number of aryl methyl sites for hydroxylation is 1. The lowest BCUT2D eigenvalue weighted by atomic mass is 9.86. The molecule has 1 fully saturated rings. The van der Waals surface area contributed by atoms with E-state index in [4.69, 9.17) is 0 Å². The van der Waals surface area contributed by atoms with Crippen molar-refractivity contribution in [3.63, 3.8) is 0 Å². The summed E-state index contributed by atoms with van der Waals surface area (Å²) in [5.41, 5.74) is 2.14. The first-order valence-electron chi connectivity index (χ1n) is 7.92. The molecule has 1 saturated heterocycles. The Kier molecular flexibility index (Phi) is 4.66. The first-order chi connectivity index (χ1) is 11.7. The Morgan fingerprint density at radius 2 is 1.88 bits per heavy atom. The Labute approximate surface area is 145 Å². The second kappa shape index (κ2) is 6.48. The van der Waals surface area contributed by atoms with Crippen LogP contribution < -0.4 is 5.32 Å². The van der Waals surface area contributed by atoms with Crippen LogP contribution in [0.15, 0.2) is 47.4 Å². The fraction of sp³-hybridized carbons (Fsp3) is 0.333. The van der Waals surface area contributed by atoms with Gasteiger partial charge in [0, 0.05) is 6.54 Å². The second-order valence-corrected chi connectivity index (χ2v) is 7.74. The molecule has 0 amide bonds. The molecule has 0 bridgehead atoms. The van der Waals surface area contributed by atoms with Gasteiger partial charge in [0.15, 0.2) is 0 Å². The van der Waals surface area contributed by atoms with Crippen LogP contribution in [0.4, 0.5) is 8.78 Å². The molecular formula is C18H19F2NO3S. The molecule has 2 aromatic rings. The summed E-state index contributed by atoms with van der Waals surface area (Å²) in [6.45, 7) is 1.21. The van der Waals surface area contributed by atoms with Crippen molar-refractivity contribution in [1.82, 2.24) is 5.32 Å². The van der Waals surface area contributed by atoms with E-state index in [0.717, 1.165) is 5.56 Å². The molecule has 2 N–H and O–H groups in total. The molecule has 1 aliphatic rings. The van der Waals surface area contributed by atoms with E-state index in [2.05, 4.69) is 5.32 Å². The Bertz CT molecular complexity index is 883. The highest BCUT2D eigenvalue weighted by atomic mass is 32.2. The Hall–Kier alpha value is -1.83. The quantitative estimate of drug-likeness (QED) is 0.815. The third kappa shape index (κ3) is 3.58. The first kappa shape index (κ1) is 18.0. The van der Waals surface area contributed by atoms with Crippen molar-refractivity contribution in [3.05, 3.63) is 64.7 Å². The van der Waals surface area contributed by atoms with Gasteiger partial charge >= 0.3 is 0 Å². The highest BCUT2D eigenvalue weighted by Crippen LogP contribution is 2.42. The number of hydrogen-bond acceptors (Lipinski definition) is 3. The van der Waals surface area contributed by atoms with Crippen LogP contribution in [-0.2, 0) is 16.5 Å². The molecule has 25 heavy (non-hydrogen) atoms. The molecule has 1 aliphatic heterocycles. The molecule has 0 radical (unpaired) electrons. The van der Waals surface area contributed by atoms with Crippen molar-refractivity contribution in [1.29, 1.82) is 0 Å². The summed E-state index contributed by atoms with van der Waals surface area (Å²) >= 11 is 0. The summed E-state index contributed by atoms with van der Waals surface area (Å²) in [4.78, 5) is -0.433. The maximum atomic E-state index is 14.4. The molecular weight excluding hydrogens is 348 g/mol. The highest BCUT2D eigenvalue weighted by Gasteiger charge is 2.47. The van der Waals surface area contributed by atoms with Crippen LogP contribution in [0.25, 0.3) is 0 Å². The minimum atomic E-state index is -4.61. The number of benzene rings is 2. The van der Waals surface area contributed by atoms with E-state index in [1.807, 2.05) is 30.3 Å². The molecule has 1 atom stereocenters. The van der Waals surface area contributed by atoms with Gasteiger partial charge in [-0.15, -0.1) is 0 Å². The molecule has 2 aromatic carbocycles. The van der Waals surface area contributed by atoms with Gasteiger partial charge in [0.05, 0.1) is 17.4 Å². The number of alkyl halides is 2. The summed E-state index contributed by atoms with van der Waals surface area (Å²) in [6, 6.07) is 12.0. The van der Waals surface area contributed by atoms with Crippen LogP contribution in [0.3, 0.4) is 0 Å². The molecule has 1 heterocycles. The number of halogens is 2. The lowest BCUT2D eigenvalue weighted by Crippen LogP contribution is -2.27. The van der Waals surface area contributed by atoms with Crippen LogP contribution in [0.1, 0.15) is 28.2 Å². The predicted octanol–water partition coefficient (Wildman–Crippen LogP) is 3.15. The summed E-state index contributed by atoms with van der Waals surface area (Å²) in [7, 11) is -4.61. The minimum absolute atomic E-state index is 0.0151. The third-order valence-corrected chi connectivity index (χ3v) is 5.53. The summed E-state index contributed by atoms with van der Waals surface area (Å²) in [6.07, 6.45) is 0.317. The third-order valence-electron chi connectivity index (χ3n) is 4.62. The van der Waals surface area contributed by atoms with Gasteiger partial charge in [0.1, 0.15) is 0 Å². The predicted molar refractivity (Wildman–Crippen MR) is 90.8 cm³/mol. The molecule has 0 spiro atoms. The first-order valence-corrected chi connectivity index (χ1v) is 9.36. The van der Waals surface area contributed by atoms with Crippen LogP contribution in [0.5, 0.6) is 0 Å². The molecule has 0 saturated carbocycles. The van der Waals surface area contributed by atoms with Gasteiger partial charge in [-0.1, -0.05) is 36.4 Å². The summed E-state index contributed by atoms with van der Waals surface area (Å²) in [5, 5.41) is 2.62. The SMILES string of the molecule is Cc1ccc(S(=O)(=O)O)c(C2CNCC2(F)F)c1Cc1ccccc1. The van der Waals surface area contributed by atoms with Gasteiger partial charge in [0.25, 0.3) is 16.0 Å². The van der Waals surface area contributed by atoms with Crippen molar-refractivity contribution in [3.8, 4) is 0 Å². The van der Waals surface area contributed by atoms with Crippen molar-refractivity contribution in [2.45, 2.75) is 30.1 Å². The molecule has 0 aromatic heterocycles. The average molecular weight is 367 g/mol. The van der Waals surface area contributed by atoms with Gasteiger partial charge in [-0.3, -0.25) is 4.55 Å². The second-order valence-electron chi connectivity index (χ2n) is 6.35.